The molecule has 2 nitrogen and oxygen atoms in total. The highest BCUT2D eigenvalue weighted by Gasteiger charge is 2.21. The molecule has 3 rings (SSSR count). The summed E-state index contributed by atoms with van der Waals surface area (Å²) in [7, 11) is 0. The molecule has 0 radical (unpaired) electrons. The van der Waals surface area contributed by atoms with E-state index in [4.69, 9.17) is 0 Å². The van der Waals surface area contributed by atoms with Gasteiger partial charge >= 0.3 is 0 Å². The highest BCUT2D eigenvalue weighted by Crippen LogP contribution is 2.28. The maximum Gasteiger partial charge on any atom is 0.163 e. The van der Waals surface area contributed by atoms with Crippen LogP contribution in [0.4, 0.5) is 0 Å². The largest absolute Gasteiger partial charge is 0.294 e. The van der Waals surface area contributed by atoms with Crippen molar-refractivity contribution in [3.63, 3.8) is 0 Å². The van der Waals surface area contributed by atoms with Crippen LogP contribution in [0.5, 0.6) is 0 Å². The Bertz CT molecular complexity index is 1010. The van der Waals surface area contributed by atoms with Gasteiger partial charge < -0.3 is 0 Å². The second-order valence-electron chi connectivity index (χ2n) is 8.69. The summed E-state index contributed by atoms with van der Waals surface area (Å²) >= 11 is 0. The van der Waals surface area contributed by atoms with Crippen LogP contribution >= 0.6 is 0 Å². The summed E-state index contributed by atoms with van der Waals surface area (Å²) in [5, 5.41) is 0. The van der Waals surface area contributed by atoms with Crippen LogP contribution in [0, 0.1) is 6.92 Å². The van der Waals surface area contributed by atoms with Crippen molar-refractivity contribution in [3.8, 4) is 0 Å². The molecule has 0 aliphatic carbocycles. The average molecular weight is 413 g/mol. The number of carbonyl (C=O) groups excluding carboxylic acids is 2. The topological polar surface area (TPSA) is 34.1 Å². The highest BCUT2D eigenvalue weighted by molar-refractivity contribution is 5.99. The van der Waals surface area contributed by atoms with Crippen LogP contribution in [0.1, 0.15) is 88.4 Å². The zero-order valence-corrected chi connectivity index (χ0v) is 19.0. The SMILES string of the molecule is CCc1ccc(C(=O)CC(CC(=O)c2ccc(C(C)C)cc2)c2ccc(C)cc2)cc1. The molecule has 31 heavy (non-hydrogen) atoms. The molecule has 0 saturated carbocycles. The fourth-order valence-corrected chi connectivity index (χ4v) is 3.81. The van der Waals surface area contributed by atoms with Gasteiger partial charge in [-0.15, -0.1) is 0 Å². The lowest BCUT2D eigenvalue weighted by molar-refractivity contribution is 0.0944. The minimum atomic E-state index is -0.142. The van der Waals surface area contributed by atoms with Gasteiger partial charge in [-0.2, -0.15) is 0 Å². The molecule has 0 fully saturated rings. The highest BCUT2D eigenvalue weighted by atomic mass is 16.1. The fraction of sp³-hybridized carbons (Fsp3) is 0.310. The van der Waals surface area contributed by atoms with E-state index in [0.717, 1.165) is 12.0 Å². The van der Waals surface area contributed by atoms with Crippen LogP contribution in [-0.2, 0) is 6.42 Å². The minimum absolute atomic E-state index is 0.0787. The Morgan fingerprint density at radius 3 is 1.58 bits per heavy atom. The van der Waals surface area contributed by atoms with E-state index < -0.39 is 0 Å². The predicted molar refractivity (Wildman–Crippen MR) is 128 cm³/mol. The number of hydrogen-bond donors (Lipinski definition) is 0. The molecule has 3 aromatic carbocycles. The molecule has 1 unspecified atom stereocenters. The molecule has 0 N–H and O–H groups in total. The number of carbonyl (C=O) groups is 2. The van der Waals surface area contributed by atoms with Gasteiger partial charge in [0.25, 0.3) is 0 Å². The van der Waals surface area contributed by atoms with Gasteiger partial charge in [-0.25, -0.2) is 0 Å². The van der Waals surface area contributed by atoms with Crippen molar-refractivity contribution < 1.29 is 9.59 Å². The zero-order chi connectivity index (χ0) is 22.4. The summed E-state index contributed by atoms with van der Waals surface area (Å²) in [4.78, 5) is 26.1. The van der Waals surface area contributed by atoms with Crippen LogP contribution in [-0.4, -0.2) is 11.6 Å². The lowest BCUT2D eigenvalue weighted by Crippen LogP contribution is -2.13. The molecule has 160 valence electrons. The first-order valence-electron chi connectivity index (χ1n) is 11.2. The summed E-state index contributed by atoms with van der Waals surface area (Å²) in [6, 6.07) is 23.9. The zero-order valence-electron chi connectivity index (χ0n) is 19.0. The molecule has 2 heteroatoms. The molecule has 0 bridgehead atoms. The summed E-state index contributed by atoms with van der Waals surface area (Å²) in [5.41, 5.74) is 6.06. The monoisotopic (exact) mass is 412 g/mol. The van der Waals surface area contributed by atoms with Gasteiger partial charge in [-0.1, -0.05) is 99.1 Å². The second-order valence-corrected chi connectivity index (χ2v) is 8.69. The van der Waals surface area contributed by atoms with Gasteiger partial charge in [-0.3, -0.25) is 9.59 Å². The third kappa shape index (κ3) is 6.01. The first-order valence-corrected chi connectivity index (χ1v) is 11.2. The average Bonchev–Trinajstić information content (AvgIpc) is 2.79. The molecular weight excluding hydrogens is 380 g/mol. The maximum absolute atomic E-state index is 13.1. The van der Waals surface area contributed by atoms with Gasteiger partial charge in [0.15, 0.2) is 11.6 Å². The Morgan fingerprint density at radius 2 is 1.13 bits per heavy atom. The number of aryl methyl sites for hydroxylation is 2. The normalized spacial score (nSPS) is 12.0. The summed E-state index contributed by atoms with van der Waals surface area (Å²) in [6.45, 7) is 8.43. The molecule has 0 aromatic heterocycles. The Kier molecular flexibility index (Phi) is 7.57. The number of Topliss-reactive ketones (excluding diaryl/α,β-unsaturated/α-hetero) is 2. The third-order valence-electron chi connectivity index (χ3n) is 6.00. The fourth-order valence-electron chi connectivity index (χ4n) is 3.81. The molecule has 0 aliphatic heterocycles. The molecule has 1 atom stereocenters. The van der Waals surface area contributed by atoms with E-state index >= 15 is 0 Å². The predicted octanol–water partition coefficient (Wildman–Crippen LogP) is 7.31. The minimum Gasteiger partial charge on any atom is -0.294 e. The molecule has 3 aromatic rings. The number of hydrogen-bond acceptors (Lipinski definition) is 2. The van der Waals surface area contributed by atoms with Crippen molar-refractivity contribution in [2.75, 3.05) is 0 Å². The van der Waals surface area contributed by atoms with Gasteiger partial charge in [0.2, 0.25) is 0 Å². The smallest absolute Gasteiger partial charge is 0.163 e. The lowest BCUT2D eigenvalue weighted by Gasteiger charge is -2.17. The van der Waals surface area contributed by atoms with E-state index in [9.17, 15) is 9.59 Å². The molecule has 0 amide bonds. The standard InChI is InChI=1S/C29H32O2/c1-5-22-8-12-25(13-9-22)28(30)18-27(24-10-6-21(4)7-11-24)19-29(31)26-16-14-23(15-17-26)20(2)3/h6-17,20,27H,5,18-19H2,1-4H3. The second kappa shape index (κ2) is 10.3. The van der Waals surface area contributed by atoms with Gasteiger partial charge in [0.1, 0.15) is 0 Å². The van der Waals surface area contributed by atoms with E-state index in [1.165, 1.54) is 16.7 Å². The quantitative estimate of drug-likeness (QED) is 0.345. The first kappa shape index (κ1) is 22.7. The van der Waals surface area contributed by atoms with E-state index in [0.29, 0.717) is 29.9 Å². The Labute approximate surface area is 186 Å². The van der Waals surface area contributed by atoms with Gasteiger partial charge in [0, 0.05) is 24.0 Å². The van der Waals surface area contributed by atoms with Crippen molar-refractivity contribution in [3.05, 3.63) is 106 Å². The lowest BCUT2D eigenvalue weighted by atomic mass is 9.85. The Balaban J connectivity index is 1.81. The van der Waals surface area contributed by atoms with Crippen molar-refractivity contribution in [1.82, 2.24) is 0 Å². The van der Waals surface area contributed by atoms with Gasteiger partial charge in [0.05, 0.1) is 0 Å². The summed E-state index contributed by atoms with van der Waals surface area (Å²) in [5.74, 6) is 0.448. The van der Waals surface area contributed by atoms with Gasteiger partial charge in [-0.05, 0) is 41.9 Å². The molecular formula is C29H32O2. The van der Waals surface area contributed by atoms with Crippen molar-refractivity contribution in [2.24, 2.45) is 0 Å². The van der Waals surface area contributed by atoms with Crippen molar-refractivity contribution >= 4 is 11.6 Å². The van der Waals surface area contributed by atoms with E-state index in [1.807, 2.05) is 79.7 Å². The van der Waals surface area contributed by atoms with Crippen LogP contribution in [0.3, 0.4) is 0 Å². The number of benzene rings is 3. The van der Waals surface area contributed by atoms with E-state index in [1.54, 1.807) is 0 Å². The Hall–Kier alpha value is -3.00. The molecule has 0 saturated heterocycles. The van der Waals surface area contributed by atoms with Crippen LogP contribution < -0.4 is 0 Å². The van der Waals surface area contributed by atoms with Crippen LogP contribution in [0.15, 0.2) is 72.8 Å². The molecule has 0 aliphatic rings. The van der Waals surface area contributed by atoms with E-state index in [-0.39, 0.29) is 17.5 Å². The van der Waals surface area contributed by atoms with E-state index in [2.05, 4.69) is 20.8 Å². The van der Waals surface area contributed by atoms with Crippen LogP contribution in [0.2, 0.25) is 0 Å². The van der Waals surface area contributed by atoms with Crippen LogP contribution in [0.25, 0.3) is 0 Å². The maximum atomic E-state index is 13.1. The molecule has 0 spiro atoms. The number of ketones is 2. The molecule has 0 heterocycles. The van der Waals surface area contributed by atoms with Crippen molar-refractivity contribution in [1.29, 1.82) is 0 Å². The summed E-state index contributed by atoms with van der Waals surface area (Å²) in [6.07, 6.45) is 1.60. The Morgan fingerprint density at radius 1 is 0.677 bits per heavy atom. The number of rotatable bonds is 9. The first-order chi connectivity index (χ1) is 14.9. The van der Waals surface area contributed by atoms with Crippen molar-refractivity contribution in [2.45, 2.75) is 58.8 Å². The third-order valence-corrected chi connectivity index (χ3v) is 6.00. The summed E-state index contributed by atoms with van der Waals surface area (Å²) < 4.78 is 0.